The summed E-state index contributed by atoms with van der Waals surface area (Å²) in [5.74, 6) is -1.70. The van der Waals surface area contributed by atoms with Crippen LogP contribution in [0, 0.1) is 5.92 Å². The highest BCUT2D eigenvalue weighted by Gasteiger charge is 2.30. The van der Waals surface area contributed by atoms with Crippen LogP contribution in [0.15, 0.2) is 0 Å². The molecule has 2 amide bonds. The molecule has 1 aliphatic rings. The minimum atomic E-state index is -1.06. The molecule has 1 atom stereocenters. The Kier molecular flexibility index (Phi) is 4.94. The average molecular weight is 258 g/mol. The van der Waals surface area contributed by atoms with Gasteiger partial charge in [0.25, 0.3) is 0 Å². The number of rotatable bonds is 3. The fourth-order valence-corrected chi connectivity index (χ4v) is 2.02. The summed E-state index contributed by atoms with van der Waals surface area (Å²) in [7, 11) is 2.75. The standard InChI is InChI=1S/C11H18N2O5/c1-12(7-9(14)15)11(17)13-5-3-4-8(6-13)10(16)18-2/h8H,3-7H2,1-2H3,(H,14,15). The van der Waals surface area contributed by atoms with Gasteiger partial charge in [-0.05, 0) is 12.8 Å². The van der Waals surface area contributed by atoms with Crippen LogP contribution in [0.5, 0.6) is 0 Å². The normalized spacial score (nSPS) is 19.2. The molecule has 0 aromatic carbocycles. The number of aliphatic carboxylic acids is 1. The first-order valence-electron chi connectivity index (χ1n) is 5.75. The number of piperidine rings is 1. The van der Waals surface area contributed by atoms with Crippen molar-refractivity contribution in [2.45, 2.75) is 12.8 Å². The Labute approximate surface area is 105 Å². The van der Waals surface area contributed by atoms with E-state index in [1.165, 1.54) is 19.1 Å². The van der Waals surface area contributed by atoms with Gasteiger partial charge in [-0.2, -0.15) is 0 Å². The van der Waals surface area contributed by atoms with E-state index in [1.54, 1.807) is 0 Å². The molecule has 0 aliphatic carbocycles. The maximum Gasteiger partial charge on any atom is 0.323 e. The topological polar surface area (TPSA) is 87.2 Å². The van der Waals surface area contributed by atoms with E-state index in [9.17, 15) is 14.4 Å². The molecule has 0 radical (unpaired) electrons. The Morgan fingerprint density at radius 3 is 2.67 bits per heavy atom. The van der Waals surface area contributed by atoms with Gasteiger partial charge in [0, 0.05) is 20.1 Å². The van der Waals surface area contributed by atoms with E-state index in [4.69, 9.17) is 5.11 Å². The quantitative estimate of drug-likeness (QED) is 0.720. The minimum Gasteiger partial charge on any atom is -0.480 e. The van der Waals surface area contributed by atoms with Gasteiger partial charge in [-0.15, -0.1) is 0 Å². The summed E-state index contributed by atoms with van der Waals surface area (Å²) in [6, 6.07) is -0.369. The molecule has 7 heteroatoms. The van der Waals surface area contributed by atoms with E-state index in [2.05, 4.69) is 4.74 Å². The number of likely N-dealkylation sites (N-methyl/N-ethyl adjacent to an activating group) is 1. The van der Waals surface area contributed by atoms with Gasteiger partial charge in [-0.25, -0.2) is 4.79 Å². The van der Waals surface area contributed by atoms with Crippen molar-refractivity contribution in [3.63, 3.8) is 0 Å². The number of carboxylic acid groups (broad SMARTS) is 1. The van der Waals surface area contributed by atoms with Gasteiger partial charge in [0.05, 0.1) is 13.0 Å². The van der Waals surface area contributed by atoms with Crippen molar-refractivity contribution in [3.05, 3.63) is 0 Å². The number of hydrogen-bond donors (Lipinski definition) is 1. The molecule has 0 saturated carbocycles. The van der Waals surface area contributed by atoms with Crippen LogP contribution in [-0.4, -0.2) is 66.7 Å². The van der Waals surface area contributed by atoms with Gasteiger partial charge in [0.2, 0.25) is 0 Å². The molecule has 7 nitrogen and oxygen atoms in total. The second-order valence-electron chi connectivity index (χ2n) is 4.34. The summed E-state index contributed by atoms with van der Waals surface area (Å²) in [6.45, 7) is 0.476. The molecule has 1 aliphatic heterocycles. The Balaban J connectivity index is 2.58. The van der Waals surface area contributed by atoms with Gasteiger partial charge < -0.3 is 19.6 Å². The van der Waals surface area contributed by atoms with Crippen LogP contribution in [0.2, 0.25) is 0 Å². The van der Waals surface area contributed by atoms with Crippen LogP contribution in [-0.2, 0) is 14.3 Å². The number of nitrogens with zero attached hydrogens (tertiary/aromatic N) is 2. The maximum atomic E-state index is 11.9. The monoisotopic (exact) mass is 258 g/mol. The van der Waals surface area contributed by atoms with Gasteiger partial charge in [-0.1, -0.05) is 0 Å². The molecule has 1 fully saturated rings. The van der Waals surface area contributed by atoms with Crippen molar-refractivity contribution in [1.82, 2.24) is 9.80 Å². The predicted octanol–water partition coefficient (Wildman–Crippen LogP) is 0.00780. The highest BCUT2D eigenvalue weighted by Crippen LogP contribution is 2.18. The van der Waals surface area contributed by atoms with E-state index in [0.717, 1.165) is 4.90 Å². The molecular formula is C11H18N2O5. The lowest BCUT2D eigenvalue weighted by molar-refractivity contribution is -0.147. The molecule has 18 heavy (non-hydrogen) atoms. The second kappa shape index (κ2) is 6.23. The lowest BCUT2D eigenvalue weighted by Crippen LogP contribution is -2.48. The van der Waals surface area contributed by atoms with Crippen LogP contribution in [0.1, 0.15) is 12.8 Å². The number of likely N-dealkylation sites (tertiary alicyclic amines) is 1. The molecular weight excluding hydrogens is 240 g/mol. The van der Waals surface area contributed by atoms with Crippen LogP contribution in [0.4, 0.5) is 4.79 Å². The first-order chi connectivity index (χ1) is 8.45. The molecule has 102 valence electrons. The summed E-state index contributed by atoms with van der Waals surface area (Å²) in [5, 5.41) is 8.62. The number of carboxylic acids is 1. The summed E-state index contributed by atoms with van der Waals surface area (Å²) >= 11 is 0. The van der Waals surface area contributed by atoms with E-state index < -0.39 is 5.97 Å². The van der Waals surface area contributed by atoms with Crippen LogP contribution in [0.3, 0.4) is 0 Å². The molecule has 0 spiro atoms. The van der Waals surface area contributed by atoms with Crippen molar-refractivity contribution in [2.24, 2.45) is 5.92 Å². The molecule has 1 unspecified atom stereocenters. The zero-order chi connectivity index (χ0) is 13.7. The molecule has 0 aromatic rings. The molecule has 1 N–H and O–H groups in total. The predicted molar refractivity (Wildman–Crippen MR) is 62.0 cm³/mol. The molecule has 0 bridgehead atoms. The summed E-state index contributed by atoms with van der Waals surface area (Å²) < 4.78 is 4.66. The Morgan fingerprint density at radius 1 is 1.44 bits per heavy atom. The van der Waals surface area contributed by atoms with E-state index >= 15 is 0 Å². The van der Waals surface area contributed by atoms with Crippen LogP contribution in [0.25, 0.3) is 0 Å². The highest BCUT2D eigenvalue weighted by molar-refractivity contribution is 5.81. The Hall–Kier alpha value is -1.79. The third-order valence-electron chi connectivity index (χ3n) is 2.93. The largest absolute Gasteiger partial charge is 0.480 e. The van der Waals surface area contributed by atoms with E-state index in [-0.39, 0.29) is 31.0 Å². The fourth-order valence-electron chi connectivity index (χ4n) is 2.02. The van der Waals surface area contributed by atoms with E-state index in [0.29, 0.717) is 19.4 Å². The minimum absolute atomic E-state index is 0.287. The first-order valence-corrected chi connectivity index (χ1v) is 5.75. The Morgan fingerprint density at radius 2 is 2.11 bits per heavy atom. The number of amides is 2. The summed E-state index contributed by atoms with van der Waals surface area (Å²) in [6.07, 6.45) is 1.41. The third kappa shape index (κ3) is 3.61. The second-order valence-corrected chi connectivity index (χ2v) is 4.34. The number of urea groups is 1. The zero-order valence-corrected chi connectivity index (χ0v) is 10.6. The zero-order valence-electron chi connectivity index (χ0n) is 10.6. The smallest absolute Gasteiger partial charge is 0.323 e. The van der Waals surface area contributed by atoms with Crippen molar-refractivity contribution < 1.29 is 24.2 Å². The number of carbonyl (C=O) groups excluding carboxylic acids is 2. The fraction of sp³-hybridized carbons (Fsp3) is 0.727. The Bertz CT molecular complexity index is 344. The van der Waals surface area contributed by atoms with Crippen molar-refractivity contribution in [3.8, 4) is 0 Å². The number of methoxy groups -OCH3 is 1. The first kappa shape index (κ1) is 14.3. The van der Waals surface area contributed by atoms with E-state index in [1.807, 2.05) is 0 Å². The third-order valence-corrected chi connectivity index (χ3v) is 2.93. The SMILES string of the molecule is COC(=O)C1CCCN(C(=O)N(C)CC(=O)O)C1. The van der Waals surface area contributed by atoms with Crippen molar-refractivity contribution >= 4 is 18.0 Å². The van der Waals surface area contributed by atoms with Gasteiger partial charge >= 0.3 is 18.0 Å². The van der Waals surface area contributed by atoms with Crippen molar-refractivity contribution in [1.29, 1.82) is 0 Å². The molecule has 0 aromatic heterocycles. The van der Waals surface area contributed by atoms with Gasteiger partial charge in [-0.3, -0.25) is 9.59 Å². The summed E-state index contributed by atoms with van der Waals surface area (Å²) in [5.41, 5.74) is 0. The number of carbonyl (C=O) groups is 3. The molecule has 1 saturated heterocycles. The molecule has 1 heterocycles. The van der Waals surface area contributed by atoms with Crippen LogP contribution >= 0.6 is 0 Å². The maximum absolute atomic E-state index is 11.9. The number of hydrogen-bond acceptors (Lipinski definition) is 4. The van der Waals surface area contributed by atoms with Gasteiger partial charge in [0.1, 0.15) is 6.54 Å². The molecule has 1 rings (SSSR count). The number of ether oxygens (including phenoxy) is 1. The van der Waals surface area contributed by atoms with Crippen LogP contribution < -0.4 is 0 Å². The van der Waals surface area contributed by atoms with Gasteiger partial charge in [0.15, 0.2) is 0 Å². The summed E-state index contributed by atoms with van der Waals surface area (Å²) in [4.78, 5) is 36.5. The van der Waals surface area contributed by atoms with Crippen molar-refractivity contribution in [2.75, 3.05) is 33.8 Å². The average Bonchev–Trinajstić information content (AvgIpc) is 2.36. The number of esters is 1. The highest BCUT2D eigenvalue weighted by atomic mass is 16.5. The lowest BCUT2D eigenvalue weighted by atomic mass is 9.98. The lowest BCUT2D eigenvalue weighted by Gasteiger charge is -2.33.